The van der Waals surface area contributed by atoms with Crippen LogP contribution in [0.25, 0.3) is 0 Å². The summed E-state index contributed by atoms with van der Waals surface area (Å²) in [6.07, 6.45) is 1.78. The Bertz CT molecular complexity index is 662. The van der Waals surface area contributed by atoms with Gasteiger partial charge in [-0.3, -0.25) is 4.79 Å². The minimum atomic E-state index is -0.487. The normalized spacial score (nSPS) is 14.8. The standard InChI is InChI=1S/C21H34N4O4/c1-16(2)15-28-13-8-19(26)23-18-7-6-17(14-22-18)24-9-11-25(12-10-24)20(27)29-21(3,4)5/h6-7,14,16H,8-13,15H2,1-5H3,(H,22,23,26). The van der Waals surface area contributed by atoms with Gasteiger partial charge in [-0.05, 0) is 38.8 Å². The smallest absolute Gasteiger partial charge is 0.410 e. The fraction of sp³-hybridized carbons (Fsp3) is 0.667. The predicted octanol–water partition coefficient (Wildman–Crippen LogP) is 3.14. The molecule has 8 nitrogen and oxygen atoms in total. The van der Waals surface area contributed by atoms with Crippen LogP contribution in [0.3, 0.4) is 0 Å². The van der Waals surface area contributed by atoms with Crippen LogP contribution in [0.5, 0.6) is 0 Å². The molecule has 29 heavy (non-hydrogen) atoms. The van der Waals surface area contributed by atoms with Crippen molar-refractivity contribution in [3.05, 3.63) is 18.3 Å². The molecule has 2 amide bonds. The van der Waals surface area contributed by atoms with Crippen molar-refractivity contribution in [3.8, 4) is 0 Å². The molecule has 0 bridgehead atoms. The summed E-state index contributed by atoms with van der Waals surface area (Å²) >= 11 is 0. The number of rotatable bonds is 7. The summed E-state index contributed by atoms with van der Waals surface area (Å²) in [7, 11) is 0. The van der Waals surface area contributed by atoms with Gasteiger partial charge in [-0.1, -0.05) is 13.8 Å². The van der Waals surface area contributed by atoms with E-state index in [1.807, 2.05) is 26.8 Å². The molecule has 162 valence electrons. The van der Waals surface area contributed by atoms with Gasteiger partial charge in [0.15, 0.2) is 0 Å². The van der Waals surface area contributed by atoms with E-state index < -0.39 is 5.60 Å². The molecule has 0 radical (unpaired) electrons. The van der Waals surface area contributed by atoms with Crippen LogP contribution in [0, 0.1) is 5.92 Å². The minimum absolute atomic E-state index is 0.111. The molecule has 1 fully saturated rings. The zero-order valence-corrected chi connectivity index (χ0v) is 18.2. The van der Waals surface area contributed by atoms with Crippen LogP contribution < -0.4 is 10.2 Å². The molecule has 1 aliphatic heterocycles. The number of amides is 2. The zero-order chi connectivity index (χ0) is 21.4. The number of nitrogens with one attached hydrogen (secondary N) is 1. The van der Waals surface area contributed by atoms with E-state index in [2.05, 4.69) is 29.0 Å². The molecule has 1 aliphatic rings. The molecule has 2 heterocycles. The van der Waals surface area contributed by atoms with Crippen LogP contribution in [0.2, 0.25) is 0 Å². The molecule has 0 unspecified atom stereocenters. The second kappa shape index (κ2) is 10.4. The van der Waals surface area contributed by atoms with Gasteiger partial charge in [0.05, 0.1) is 24.9 Å². The summed E-state index contributed by atoms with van der Waals surface area (Å²) in [5.41, 5.74) is 0.478. The maximum atomic E-state index is 12.2. The van der Waals surface area contributed by atoms with E-state index in [4.69, 9.17) is 9.47 Å². The highest BCUT2D eigenvalue weighted by atomic mass is 16.6. The molecule has 1 aromatic heterocycles. The third-order valence-corrected chi connectivity index (χ3v) is 4.24. The van der Waals surface area contributed by atoms with Gasteiger partial charge in [-0.2, -0.15) is 0 Å². The second-order valence-corrected chi connectivity index (χ2v) is 8.62. The van der Waals surface area contributed by atoms with E-state index in [-0.39, 0.29) is 12.0 Å². The first kappa shape index (κ1) is 22.9. The molecule has 0 aliphatic carbocycles. The Morgan fingerprint density at radius 3 is 2.41 bits per heavy atom. The summed E-state index contributed by atoms with van der Waals surface area (Å²) in [5, 5.41) is 2.79. The molecule has 0 spiro atoms. The van der Waals surface area contributed by atoms with Crippen LogP contribution in [0.15, 0.2) is 18.3 Å². The Balaban J connectivity index is 1.76. The summed E-state index contributed by atoms with van der Waals surface area (Å²) in [6, 6.07) is 3.73. The average molecular weight is 407 g/mol. The van der Waals surface area contributed by atoms with Crippen LogP contribution in [-0.2, 0) is 14.3 Å². The molecule has 1 saturated heterocycles. The summed E-state index contributed by atoms with van der Waals surface area (Å²) in [5.74, 6) is 0.869. The number of hydrogen-bond acceptors (Lipinski definition) is 6. The lowest BCUT2D eigenvalue weighted by molar-refractivity contribution is -0.117. The molecule has 2 rings (SSSR count). The van der Waals surface area contributed by atoms with Gasteiger partial charge in [0.1, 0.15) is 11.4 Å². The molecule has 1 aromatic rings. The SMILES string of the molecule is CC(C)COCCC(=O)Nc1ccc(N2CCN(C(=O)OC(C)(C)C)CC2)cn1. The van der Waals surface area contributed by atoms with Crippen molar-refractivity contribution in [2.75, 3.05) is 49.6 Å². The van der Waals surface area contributed by atoms with Crippen molar-refractivity contribution >= 4 is 23.5 Å². The van der Waals surface area contributed by atoms with Crippen molar-refractivity contribution < 1.29 is 19.1 Å². The number of piperazine rings is 1. The van der Waals surface area contributed by atoms with E-state index in [1.165, 1.54) is 0 Å². The lowest BCUT2D eigenvalue weighted by atomic mass is 10.2. The van der Waals surface area contributed by atoms with Gasteiger partial charge in [0.2, 0.25) is 5.91 Å². The third kappa shape index (κ3) is 8.27. The van der Waals surface area contributed by atoms with Crippen molar-refractivity contribution in [2.24, 2.45) is 5.92 Å². The van der Waals surface area contributed by atoms with E-state index in [1.54, 1.807) is 17.2 Å². The molecular formula is C21H34N4O4. The van der Waals surface area contributed by atoms with Gasteiger partial charge < -0.3 is 24.6 Å². The Hall–Kier alpha value is -2.35. The quantitative estimate of drug-likeness (QED) is 0.701. The lowest BCUT2D eigenvalue weighted by Gasteiger charge is -2.36. The highest BCUT2D eigenvalue weighted by Gasteiger charge is 2.26. The highest BCUT2D eigenvalue weighted by molar-refractivity contribution is 5.89. The van der Waals surface area contributed by atoms with Crippen LogP contribution in [-0.4, -0.2) is 66.9 Å². The molecule has 0 atom stereocenters. The zero-order valence-electron chi connectivity index (χ0n) is 18.2. The summed E-state index contributed by atoms with van der Waals surface area (Å²) in [6.45, 7) is 13.4. The lowest BCUT2D eigenvalue weighted by Crippen LogP contribution is -2.50. The van der Waals surface area contributed by atoms with Crippen LogP contribution in [0.4, 0.5) is 16.3 Å². The molecule has 8 heteroatoms. The first-order valence-electron chi connectivity index (χ1n) is 10.2. The summed E-state index contributed by atoms with van der Waals surface area (Å²) < 4.78 is 10.9. The van der Waals surface area contributed by atoms with Crippen LogP contribution in [0.1, 0.15) is 41.0 Å². The number of anilines is 2. The average Bonchev–Trinajstić information content (AvgIpc) is 2.64. The minimum Gasteiger partial charge on any atom is -0.444 e. The fourth-order valence-electron chi connectivity index (χ4n) is 2.81. The topological polar surface area (TPSA) is 84.0 Å². The number of carbonyl (C=O) groups is 2. The second-order valence-electron chi connectivity index (χ2n) is 8.62. The van der Waals surface area contributed by atoms with Gasteiger partial charge in [-0.15, -0.1) is 0 Å². The number of carbonyl (C=O) groups excluding carboxylic acids is 2. The van der Waals surface area contributed by atoms with Crippen molar-refractivity contribution in [3.63, 3.8) is 0 Å². The van der Waals surface area contributed by atoms with E-state index in [0.29, 0.717) is 57.5 Å². The largest absolute Gasteiger partial charge is 0.444 e. The van der Waals surface area contributed by atoms with Crippen molar-refractivity contribution in [1.29, 1.82) is 0 Å². The number of hydrogen-bond donors (Lipinski definition) is 1. The fourth-order valence-corrected chi connectivity index (χ4v) is 2.81. The maximum absolute atomic E-state index is 12.2. The molecular weight excluding hydrogens is 372 g/mol. The van der Waals surface area contributed by atoms with E-state index in [0.717, 1.165) is 5.69 Å². The third-order valence-electron chi connectivity index (χ3n) is 4.24. The Morgan fingerprint density at radius 1 is 1.17 bits per heavy atom. The summed E-state index contributed by atoms with van der Waals surface area (Å²) in [4.78, 5) is 32.3. The van der Waals surface area contributed by atoms with Gasteiger partial charge >= 0.3 is 6.09 Å². The molecule has 0 aromatic carbocycles. The Morgan fingerprint density at radius 2 is 1.86 bits per heavy atom. The highest BCUT2D eigenvalue weighted by Crippen LogP contribution is 2.18. The van der Waals surface area contributed by atoms with Gasteiger partial charge in [0, 0.05) is 32.8 Å². The number of ether oxygens (including phenoxy) is 2. The van der Waals surface area contributed by atoms with E-state index >= 15 is 0 Å². The predicted molar refractivity (Wildman–Crippen MR) is 113 cm³/mol. The first-order chi connectivity index (χ1) is 13.6. The number of nitrogens with zero attached hydrogens (tertiary/aromatic N) is 3. The number of pyridine rings is 1. The molecule has 1 N–H and O–H groups in total. The molecule has 0 saturated carbocycles. The Labute approximate surface area is 173 Å². The maximum Gasteiger partial charge on any atom is 0.410 e. The van der Waals surface area contributed by atoms with Gasteiger partial charge in [-0.25, -0.2) is 9.78 Å². The van der Waals surface area contributed by atoms with Gasteiger partial charge in [0.25, 0.3) is 0 Å². The first-order valence-corrected chi connectivity index (χ1v) is 10.2. The monoisotopic (exact) mass is 406 g/mol. The van der Waals surface area contributed by atoms with Crippen molar-refractivity contribution in [2.45, 2.75) is 46.6 Å². The van der Waals surface area contributed by atoms with Crippen molar-refractivity contribution in [1.82, 2.24) is 9.88 Å². The van der Waals surface area contributed by atoms with E-state index in [9.17, 15) is 9.59 Å². The number of aromatic nitrogens is 1. The van der Waals surface area contributed by atoms with Crippen LogP contribution >= 0.6 is 0 Å². The Kier molecular flexibility index (Phi) is 8.25.